The molecular formula is C14H10F3NO2. The average molecular weight is 281 g/mol. The highest BCUT2D eigenvalue weighted by atomic mass is 19.4. The lowest BCUT2D eigenvalue weighted by atomic mass is 9.95. The third kappa shape index (κ3) is 2.64. The van der Waals surface area contributed by atoms with Crippen molar-refractivity contribution >= 4 is 5.97 Å². The molecule has 0 N–H and O–H groups in total. The summed E-state index contributed by atoms with van der Waals surface area (Å²) in [5.41, 5.74) is -1.26. The van der Waals surface area contributed by atoms with Crippen LogP contribution in [0.25, 0.3) is 11.1 Å². The summed E-state index contributed by atoms with van der Waals surface area (Å²) >= 11 is 0. The number of hydrogen-bond donors (Lipinski definition) is 0. The fourth-order valence-electron chi connectivity index (χ4n) is 1.91. The topological polar surface area (TPSA) is 39.2 Å². The number of ether oxygens (including phenoxy) is 1. The highest BCUT2D eigenvalue weighted by molar-refractivity contribution is 5.93. The van der Waals surface area contributed by atoms with Gasteiger partial charge in [0.25, 0.3) is 0 Å². The molecule has 0 unspecified atom stereocenters. The lowest BCUT2D eigenvalue weighted by Crippen LogP contribution is -2.15. The van der Waals surface area contributed by atoms with Crippen LogP contribution in [-0.4, -0.2) is 18.1 Å². The van der Waals surface area contributed by atoms with Crippen molar-refractivity contribution in [1.29, 1.82) is 0 Å². The molecule has 0 radical (unpaired) electrons. The van der Waals surface area contributed by atoms with E-state index in [1.54, 1.807) is 0 Å². The van der Waals surface area contributed by atoms with Crippen molar-refractivity contribution in [2.75, 3.05) is 7.11 Å². The first kappa shape index (κ1) is 14.0. The average Bonchev–Trinajstić information content (AvgIpc) is 2.45. The summed E-state index contributed by atoms with van der Waals surface area (Å²) in [5, 5.41) is 0. The first-order valence-electron chi connectivity index (χ1n) is 5.64. The van der Waals surface area contributed by atoms with E-state index < -0.39 is 23.3 Å². The molecule has 6 heteroatoms. The molecule has 0 fully saturated rings. The van der Waals surface area contributed by atoms with E-state index in [2.05, 4.69) is 9.72 Å². The molecule has 2 aromatic rings. The van der Waals surface area contributed by atoms with E-state index in [9.17, 15) is 18.0 Å². The third-order valence-electron chi connectivity index (χ3n) is 2.74. The number of methoxy groups -OCH3 is 1. The van der Waals surface area contributed by atoms with E-state index >= 15 is 0 Å². The molecule has 0 amide bonds. The van der Waals surface area contributed by atoms with Gasteiger partial charge in [-0.05, 0) is 29.3 Å². The molecule has 1 aromatic carbocycles. The molecule has 3 nitrogen and oxygen atoms in total. The van der Waals surface area contributed by atoms with E-state index in [4.69, 9.17) is 0 Å². The highest BCUT2D eigenvalue weighted by Crippen LogP contribution is 2.39. The Hall–Kier alpha value is -2.37. The second-order valence-corrected chi connectivity index (χ2v) is 3.95. The first-order valence-corrected chi connectivity index (χ1v) is 5.64. The largest absolute Gasteiger partial charge is 0.465 e. The van der Waals surface area contributed by atoms with Crippen molar-refractivity contribution < 1.29 is 22.7 Å². The van der Waals surface area contributed by atoms with Gasteiger partial charge in [0, 0.05) is 12.4 Å². The van der Waals surface area contributed by atoms with Crippen molar-refractivity contribution in [2.24, 2.45) is 0 Å². The Morgan fingerprint density at radius 1 is 1.15 bits per heavy atom. The molecule has 20 heavy (non-hydrogen) atoms. The van der Waals surface area contributed by atoms with Crippen LogP contribution in [0.1, 0.15) is 15.9 Å². The number of nitrogens with zero attached hydrogens (tertiary/aromatic N) is 1. The van der Waals surface area contributed by atoms with Crippen LogP contribution in [0.2, 0.25) is 0 Å². The number of benzene rings is 1. The van der Waals surface area contributed by atoms with Gasteiger partial charge in [-0.25, -0.2) is 4.79 Å². The number of rotatable bonds is 2. The van der Waals surface area contributed by atoms with E-state index in [1.807, 2.05) is 0 Å². The van der Waals surface area contributed by atoms with Crippen LogP contribution in [0, 0.1) is 0 Å². The van der Waals surface area contributed by atoms with Gasteiger partial charge in [0.05, 0.1) is 18.2 Å². The molecule has 0 aliphatic carbocycles. The first-order chi connectivity index (χ1) is 9.45. The van der Waals surface area contributed by atoms with Gasteiger partial charge in [-0.15, -0.1) is 0 Å². The van der Waals surface area contributed by atoms with E-state index in [0.717, 1.165) is 13.2 Å². The van der Waals surface area contributed by atoms with Gasteiger partial charge in [-0.1, -0.05) is 12.1 Å². The number of alkyl halides is 3. The number of aromatic nitrogens is 1. The van der Waals surface area contributed by atoms with Gasteiger partial charge in [-0.3, -0.25) is 4.98 Å². The Labute approximate surface area is 113 Å². The lowest BCUT2D eigenvalue weighted by Gasteiger charge is -2.16. The molecule has 0 saturated carbocycles. The second-order valence-electron chi connectivity index (χ2n) is 3.95. The maximum absolute atomic E-state index is 13.3. The monoisotopic (exact) mass is 281 g/mol. The van der Waals surface area contributed by atoms with Crippen molar-refractivity contribution in [1.82, 2.24) is 4.98 Å². The summed E-state index contributed by atoms with van der Waals surface area (Å²) < 4.78 is 44.2. The van der Waals surface area contributed by atoms with Crippen LogP contribution >= 0.6 is 0 Å². The maximum atomic E-state index is 13.3. The summed E-state index contributed by atoms with van der Waals surface area (Å²) in [5.74, 6) is -1.02. The Balaban J connectivity index is 2.73. The van der Waals surface area contributed by atoms with Gasteiger partial charge in [0.15, 0.2) is 0 Å². The minimum Gasteiger partial charge on any atom is -0.465 e. The minimum absolute atomic E-state index is 0.0807. The molecule has 1 aromatic heterocycles. The zero-order chi connectivity index (χ0) is 14.8. The minimum atomic E-state index is -4.66. The SMILES string of the molecule is COC(=O)c1cccc(-c2ccncc2)c1C(F)(F)F. The predicted octanol–water partition coefficient (Wildman–Crippen LogP) is 3.55. The van der Waals surface area contributed by atoms with Crippen LogP contribution in [0.3, 0.4) is 0 Å². The zero-order valence-corrected chi connectivity index (χ0v) is 10.4. The van der Waals surface area contributed by atoms with Crippen LogP contribution in [0.4, 0.5) is 13.2 Å². The highest BCUT2D eigenvalue weighted by Gasteiger charge is 2.38. The van der Waals surface area contributed by atoms with Crippen LogP contribution in [-0.2, 0) is 10.9 Å². The smallest absolute Gasteiger partial charge is 0.417 e. The normalized spacial score (nSPS) is 11.2. The van der Waals surface area contributed by atoms with Crippen molar-refractivity contribution in [3.05, 3.63) is 53.9 Å². The fraction of sp³-hybridized carbons (Fsp3) is 0.143. The van der Waals surface area contributed by atoms with Crippen LogP contribution < -0.4 is 0 Å². The molecule has 2 rings (SSSR count). The Morgan fingerprint density at radius 2 is 1.80 bits per heavy atom. The molecular weight excluding hydrogens is 271 g/mol. The quantitative estimate of drug-likeness (QED) is 0.790. The summed E-state index contributed by atoms with van der Waals surface area (Å²) in [6.07, 6.45) is -1.88. The second kappa shape index (κ2) is 5.32. The molecule has 0 saturated heterocycles. The van der Waals surface area contributed by atoms with Crippen LogP contribution in [0.5, 0.6) is 0 Å². The molecule has 0 spiro atoms. The lowest BCUT2D eigenvalue weighted by molar-refractivity contribution is -0.137. The Morgan fingerprint density at radius 3 is 2.35 bits per heavy atom. The molecule has 1 heterocycles. The van der Waals surface area contributed by atoms with E-state index in [0.29, 0.717) is 5.56 Å². The third-order valence-corrected chi connectivity index (χ3v) is 2.74. The molecule has 0 aliphatic heterocycles. The zero-order valence-electron chi connectivity index (χ0n) is 10.4. The summed E-state index contributed by atoms with van der Waals surface area (Å²) in [7, 11) is 1.04. The number of halogens is 3. The Bertz CT molecular complexity index is 624. The number of pyridine rings is 1. The van der Waals surface area contributed by atoms with Crippen molar-refractivity contribution in [3.8, 4) is 11.1 Å². The number of esters is 1. The van der Waals surface area contributed by atoms with Gasteiger partial charge < -0.3 is 4.74 Å². The number of hydrogen-bond acceptors (Lipinski definition) is 3. The molecule has 0 atom stereocenters. The van der Waals surface area contributed by atoms with Crippen LogP contribution in [0.15, 0.2) is 42.7 Å². The summed E-state index contributed by atoms with van der Waals surface area (Å²) in [6, 6.07) is 6.69. The standard InChI is InChI=1S/C14H10F3NO2/c1-20-13(19)11-4-2-3-10(12(11)14(15,16)17)9-5-7-18-8-6-9/h2-8H,1H3. The Kier molecular flexibility index (Phi) is 3.74. The molecule has 0 bridgehead atoms. The van der Waals surface area contributed by atoms with E-state index in [1.165, 1.54) is 36.7 Å². The van der Waals surface area contributed by atoms with Crippen molar-refractivity contribution in [3.63, 3.8) is 0 Å². The maximum Gasteiger partial charge on any atom is 0.417 e. The number of carbonyl (C=O) groups is 1. The molecule has 0 aliphatic rings. The van der Waals surface area contributed by atoms with Crippen molar-refractivity contribution in [2.45, 2.75) is 6.18 Å². The molecule has 104 valence electrons. The van der Waals surface area contributed by atoms with Gasteiger partial charge in [0.1, 0.15) is 0 Å². The summed E-state index contributed by atoms with van der Waals surface area (Å²) in [4.78, 5) is 15.3. The van der Waals surface area contributed by atoms with E-state index in [-0.39, 0.29) is 5.56 Å². The number of carbonyl (C=O) groups excluding carboxylic acids is 1. The summed E-state index contributed by atoms with van der Waals surface area (Å²) in [6.45, 7) is 0. The van der Waals surface area contributed by atoms with Gasteiger partial charge in [-0.2, -0.15) is 13.2 Å². The predicted molar refractivity (Wildman–Crippen MR) is 66.0 cm³/mol. The fourth-order valence-corrected chi connectivity index (χ4v) is 1.91. The van der Waals surface area contributed by atoms with Gasteiger partial charge >= 0.3 is 12.1 Å². The van der Waals surface area contributed by atoms with Gasteiger partial charge in [0.2, 0.25) is 0 Å².